The van der Waals surface area contributed by atoms with Crippen LogP contribution >= 0.6 is 0 Å². The van der Waals surface area contributed by atoms with E-state index in [1.165, 1.54) is 24.3 Å². The number of aryl methyl sites for hydroxylation is 1. The molecule has 23 heavy (non-hydrogen) atoms. The Morgan fingerprint density at radius 2 is 1.74 bits per heavy atom. The summed E-state index contributed by atoms with van der Waals surface area (Å²) in [5.41, 5.74) is 1.36. The van der Waals surface area contributed by atoms with Gasteiger partial charge in [0.2, 0.25) is 10.0 Å². The normalized spacial score (nSPS) is 11.7. The van der Waals surface area contributed by atoms with E-state index in [9.17, 15) is 17.2 Å². The van der Waals surface area contributed by atoms with Gasteiger partial charge in [-0.25, -0.2) is 13.1 Å². The highest BCUT2D eigenvalue weighted by atomic mass is 32.2. The van der Waals surface area contributed by atoms with Gasteiger partial charge in [0.1, 0.15) is 5.75 Å². The predicted molar refractivity (Wildman–Crippen MR) is 82.9 cm³/mol. The average Bonchev–Trinajstić information content (AvgIpc) is 2.53. The van der Waals surface area contributed by atoms with Crippen molar-refractivity contribution in [2.75, 3.05) is 0 Å². The van der Waals surface area contributed by atoms with Crippen molar-refractivity contribution in [3.05, 3.63) is 59.7 Å². The minimum absolute atomic E-state index is 0.0495. The number of hydrogen-bond acceptors (Lipinski definition) is 3. The van der Waals surface area contributed by atoms with Crippen molar-refractivity contribution in [3.8, 4) is 5.75 Å². The van der Waals surface area contributed by atoms with Crippen molar-refractivity contribution in [2.45, 2.75) is 31.4 Å². The third-order valence-electron chi connectivity index (χ3n) is 3.28. The molecule has 0 atom stereocenters. The van der Waals surface area contributed by atoms with E-state index in [4.69, 9.17) is 0 Å². The van der Waals surface area contributed by atoms with Crippen molar-refractivity contribution < 1.29 is 21.9 Å². The summed E-state index contributed by atoms with van der Waals surface area (Å²) in [4.78, 5) is 0.127. The van der Waals surface area contributed by atoms with Crippen LogP contribution in [0.5, 0.6) is 5.75 Å². The maximum Gasteiger partial charge on any atom is 0.387 e. The summed E-state index contributed by atoms with van der Waals surface area (Å²) in [6.07, 6.45) is 0.812. The second-order valence-electron chi connectivity index (χ2n) is 4.81. The van der Waals surface area contributed by atoms with Crippen molar-refractivity contribution in [1.82, 2.24) is 4.72 Å². The molecule has 0 fully saturated rings. The summed E-state index contributed by atoms with van der Waals surface area (Å²) in [5, 5.41) is 0. The van der Waals surface area contributed by atoms with Gasteiger partial charge in [0.25, 0.3) is 0 Å². The maximum absolute atomic E-state index is 12.4. The van der Waals surface area contributed by atoms with Crippen LogP contribution in [0.25, 0.3) is 0 Å². The van der Waals surface area contributed by atoms with Gasteiger partial charge in [0, 0.05) is 12.1 Å². The maximum atomic E-state index is 12.4. The highest BCUT2D eigenvalue weighted by Gasteiger charge is 2.15. The van der Waals surface area contributed by atoms with E-state index in [2.05, 4.69) is 9.46 Å². The molecule has 0 aliphatic rings. The quantitative estimate of drug-likeness (QED) is 0.840. The van der Waals surface area contributed by atoms with Crippen molar-refractivity contribution >= 4 is 10.0 Å². The molecule has 0 heterocycles. The fourth-order valence-electron chi connectivity index (χ4n) is 2.02. The van der Waals surface area contributed by atoms with Gasteiger partial charge >= 0.3 is 6.61 Å². The number of ether oxygens (including phenoxy) is 1. The second kappa shape index (κ2) is 7.52. The fraction of sp³-hybridized carbons (Fsp3) is 0.250. The molecule has 124 valence electrons. The van der Waals surface area contributed by atoms with E-state index in [0.717, 1.165) is 12.0 Å². The number of para-hydroxylation sites is 1. The lowest BCUT2D eigenvalue weighted by atomic mass is 10.2. The largest absolute Gasteiger partial charge is 0.434 e. The Kier molecular flexibility index (Phi) is 5.68. The number of benzene rings is 2. The van der Waals surface area contributed by atoms with Crippen LogP contribution in [0.4, 0.5) is 8.78 Å². The minimum atomic E-state index is -3.72. The molecule has 0 spiro atoms. The molecule has 0 saturated carbocycles. The first-order valence-corrected chi connectivity index (χ1v) is 8.52. The second-order valence-corrected chi connectivity index (χ2v) is 6.58. The van der Waals surface area contributed by atoms with Gasteiger partial charge in [0.15, 0.2) is 0 Å². The number of alkyl halides is 2. The number of halogens is 2. The van der Waals surface area contributed by atoms with E-state index in [1.54, 1.807) is 24.3 Å². The number of hydrogen-bond donors (Lipinski definition) is 1. The van der Waals surface area contributed by atoms with Crippen molar-refractivity contribution in [2.24, 2.45) is 0 Å². The fourth-order valence-corrected chi connectivity index (χ4v) is 3.03. The summed E-state index contributed by atoms with van der Waals surface area (Å²) in [7, 11) is -3.72. The zero-order valence-electron chi connectivity index (χ0n) is 12.5. The molecule has 0 radical (unpaired) electrons. The van der Waals surface area contributed by atoms with Crippen LogP contribution in [-0.4, -0.2) is 15.0 Å². The Morgan fingerprint density at radius 1 is 1.09 bits per heavy atom. The smallest absolute Gasteiger partial charge is 0.387 e. The molecular weight excluding hydrogens is 324 g/mol. The first-order chi connectivity index (χ1) is 10.9. The molecule has 2 rings (SSSR count). The van der Waals surface area contributed by atoms with E-state index < -0.39 is 16.6 Å². The van der Waals surface area contributed by atoms with Gasteiger partial charge in [-0.1, -0.05) is 37.3 Å². The highest BCUT2D eigenvalue weighted by Crippen LogP contribution is 2.21. The molecule has 2 aromatic carbocycles. The lowest BCUT2D eigenvalue weighted by Gasteiger charge is -2.12. The molecule has 0 aliphatic carbocycles. The minimum Gasteiger partial charge on any atom is -0.434 e. The lowest BCUT2D eigenvalue weighted by Crippen LogP contribution is -2.23. The van der Waals surface area contributed by atoms with Crippen LogP contribution in [0.2, 0.25) is 0 Å². The van der Waals surface area contributed by atoms with E-state index in [1.807, 2.05) is 6.92 Å². The van der Waals surface area contributed by atoms with E-state index in [-0.39, 0.29) is 17.2 Å². The third kappa shape index (κ3) is 4.74. The SMILES string of the molecule is CCc1ccc(S(=O)(=O)NCc2ccccc2OC(F)F)cc1. The Morgan fingerprint density at radius 3 is 2.35 bits per heavy atom. The summed E-state index contributed by atoms with van der Waals surface area (Å²) < 4.78 is 55.9. The third-order valence-corrected chi connectivity index (χ3v) is 4.70. The molecule has 0 unspecified atom stereocenters. The van der Waals surface area contributed by atoms with Gasteiger partial charge < -0.3 is 4.74 Å². The monoisotopic (exact) mass is 341 g/mol. The van der Waals surface area contributed by atoms with E-state index in [0.29, 0.717) is 5.56 Å². The van der Waals surface area contributed by atoms with Crippen LogP contribution in [-0.2, 0) is 23.0 Å². The molecule has 0 saturated heterocycles. The van der Waals surface area contributed by atoms with Crippen LogP contribution in [0, 0.1) is 0 Å². The molecule has 0 aliphatic heterocycles. The van der Waals surface area contributed by atoms with Crippen LogP contribution in [0.15, 0.2) is 53.4 Å². The van der Waals surface area contributed by atoms with Gasteiger partial charge in [0.05, 0.1) is 4.90 Å². The van der Waals surface area contributed by atoms with Crippen LogP contribution < -0.4 is 9.46 Å². The molecule has 0 bridgehead atoms. The average molecular weight is 341 g/mol. The topological polar surface area (TPSA) is 55.4 Å². The standard InChI is InChI=1S/C16H17F2NO3S/c1-2-12-7-9-14(10-8-12)23(20,21)19-11-13-5-3-4-6-15(13)22-16(17)18/h3-10,16,19H,2,11H2,1H3. The molecular formula is C16H17F2NO3S. The summed E-state index contributed by atoms with van der Waals surface area (Å²) in [6, 6.07) is 12.6. The molecule has 0 amide bonds. The Hall–Kier alpha value is -1.99. The zero-order chi connectivity index (χ0) is 16.9. The molecule has 0 aromatic heterocycles. The van der Waals surface area contributed by atoms with E-state index >= 15 is 0 Å². The van der Waals surface area contributed by atoms with Crippen LogP contribution in [0.3, 0.4) is 0 Å². The first-order valence-electron chi connectivity index (χ1n) is 7.03. The van der Waals surface area contributed by atoms with Gasteiger partial charge in [-0.3, -0.25) is 0 Å². The highest BCUT2D eigenvalue weighted by molar-refractivity contribution is 7.89. The predicted octanol–water partition coefficient (Wildman–Crippen LogP) is 3.33. The Bertz CT molecular complexity index is 746. The number of sulfonamides is 1. The Balaban J connectivity index is 2.13. The lowest BCUT2D eigenvalue weighted by molar-refractivity contribution is -0.0504. The van der Waals surface area contributed by atoms with Gasteiger partial charge in [-0.15, -0.1) is 0 Å². The Labute approximate surface area is 134 Å². The van der Waals surface area contributed by atoms with Crippen molar-refractivity contribution in [3.63, 3.8) is 0 Å². The first kappa shape index (κ1) is 17.4. The number of rotatable bonds is 7. The molecule has 2 aromatic rings. The summed E-state index contributed by atoms with van der Waals surface area (Å²) in [5.74, 6) is -0.0495. The molecule has 7 heteroatoms. The summed E-state index contributed by atoms with van der Waals surface area (Å²) >= 11 is 0. The van der Waals surface area contributed by atoms with Crippen LogP contribution in [0.1, 0.15) is 18.1 Å². The van der Waals surface area contributed by atoms with Gasteiger partial charge in [-0.2, -0.15) is 8.78 Å². The molecule has 1 N–H and O–H groups in total. The number of nitrogens with one attached hydrogen (secondary N) is 1. The van der Waals surface area contributed by atoms with Crippen molar-refractivity contribution in [1.29, 1.82) is 0 Å². The zero-order valence-corrected chi connectivity index (χ0v) is 13.3. The van der Waals surface area contributed by atoms with Gasteiger partial charge in [-0.05, 0) is 30.2 Å². The summed E-state index contributed by atoms with van der Waals surface area (Å²) in [6.45, 7) is -1.13. The molecule has 4 nitrogen and oxygen atoms in total.